The van der Waals surface area contributed by atoms with Crippen LogP contribution in [0.1, 0.15) is 17.3 Å². The number of aliphatic imine (C=N–C) groups is 1. The zero-order valence-electron chi connectivity index (χ0n) is 17.0. The van der Waals surface area contributed by atoms with Crippen LogP contribution in [0.25, 0.3) is 0 Å². The van der Waals surface area contributed by atoms with Gasteiger partial charge in [0.2, 0.25) is 5.95 Å². The van der Waals surface area contributed by atoms with Gasteiger partial charge in [0.15, 0.2) is 5.96 Å². The van der Waals surface area contributed by atoms with E-state index in [1.807, 2.05) is 13.0 Å². The molecule has 0 aliphatic carbocycles. The molecule has 1 aliphatic heterocycles. The van der Waals surface area contributed by atoms with Crippen LogP contribution in [0.2, 0.25) is 0 Å². The number of aromatic hydroxyl groups is 1. The van der Waals surface area contributed by atoms with Crippen molar-refractivity contribution in [2.45, 2.75) is 6.92 Å². The van der Waals surface area contributed by atoms with Gasteiger partial charge in [0.05, 0.1) is 12.1 Å². The van der Waals surface area contributed by atoms with Crippen LogP contribution in [0.5, 0.6) is 5.75 Å². The predicted octanol–water partition coefficient (Wildman–Crippen LogP) is 1.32. The highest BCUT2D eigenvalue weighted by Gasteiger charge is 2.21. The first-order chi connectivity index (χ1) is 14.2. The van der Waals surface area contributed by atoms with Gasteiger partial charge in [-0.3, -0.25) is 9.79 Å². The van der Waals surface area contributed by atoms with Crippen LogP contribution >= 0.6 is 24.0 Å². The summed E-state index contributed by atoms with van der Waals surface area (Å²) in [6.45, 7) is 6.90. The molecule has 10 heteroatoms. The van der Waals surface area contributed by atoms with Crippen molar-refractivity contribution in [3.8, 4) is 5.75 Å². The Morgan fingerprint density at radius 3 is 2.47 bits per heavy atom. The van der Waals surface area contributed by atoms with E-state index in [0.717, 1.165) is 44.6 Å². The molecule has 1 saturated heterocycles. The van der Waals surface area contributed by atoms with E-state index in [0.29, 0.717) is 13.1 Å². The summed E-state index contributed by atoms with van der Waals surface area (Å²) in [6.07, 6.45) is 3.51. The van der Waals surface area contributed by atoms with E-state index in [1.54, 1.807) is 30.6 Å². The second kappa shape index (κ2) is 12.2. The molecular weight excluding hydrogens is 497 g/mol. The van der Waals surface area contributed by atoms with E-state index >= 15 is 0 Å². The summed E-state index contributed by atoms with van der Waals surface area (Å²) in [5.74, 6) is 1.25. The maximum atomic E-state index is 12.1. The molecule has 0 spiro atoms. The standard InChI is InChI=1S/C20H27N7O2.HI/c1-2-21-19(25-11-10-22-18(29)16-6-3-4-7-17(16)28)26-12-14-27(15-13-26)20-23-8-5-9-24-20;/h3-9,28H,2,10-15H2,1H3,(H,21,25)(H,22,29);1H. The van der Waals surface area contributed by atoms with E-state index in [4.69, 9.17) is 0 Å². The number of piperazine rings is 1. The quantitative estimate of drug-likeness (QED) is 0.226. The zero-order valence-corrected chi connectivity index (χ0v) is 19.3. The minimum atomic E-state index is -0.306. The topological polar surface area (TPSA) is 106 Å². The van der Waals surface area contributed by atoms with Crippen molar-refractivity contribution in [3.05, 3.63) is 48.3 Å². The zero-order chi connectivity index (χ0) is 20.5. The summed E-state index contributed by atoms with van der Waals surface area (Å²) in [5, 5.41) is 15.9. The fourth-order valence-electron chi connectivity index (χ4n) is 3.09. The number of nitrogens with one attached hydrogen (secondary N) is 2. The van der Waals surface area contributed by atoms with Gasteiger partial charge in [0.25, 0.3) is 5.91 Å². The summed E-state index contributed by atoms with van der Waals surface area (Å²) < 4.78 is 0. The van der Waals surface area contributed by atoms with Crippen molar-refractivity contribution in [2.24, 2.45) is 4.99 Å². The fourth-order valence-corrected chi connectivity index (χ4v) is 3.09. The van der Waals surface area contributed by atoms with Crippen LogP contribution in [0.4, 0.5) is 5.95 Å². The molecule has 1 amide bonds. The van der Waals surface area contributed by atoms with Crippen molar-refractivity contribution >= 4 is 41.8 Å². The van der Waals surface area contributed by atoms with Crippen LogP contribution in [0, 0.1) is 0 Å². The van der Waals surface area contributed by atoms with Gasteiger partial charge in [0.1, 0.15) is 5.75 Å². The van der Waals surface area contributed by atoms with Gasteiger partial charge in [-0.05, 0) is 25.1 Å². The molecule has 0 atom stereocenters. The second-order valence-electron chi connectivity index (χ2n) is 6.53. The van der Waals surface area contributed by atoms with Gasteiger partial charge in [-0.25, -0.2) is 9.97 Å². The molecule has 9 nitrogen and oxygen atoms in total. The van der Waals surface area contributed by atoms with Crippen LogP contribution < -0.4 is 15.5 Å². The molecular formula is C20H28IN7O2. The van der Waals surface area contributed by atoms with Gasteiger partial charge in [-0.2, -0.15) is 0 Å². The molecule has 1 aromatic carbocycles. The molecule has 2 aromatic rings. The minimum absolute atomic E-state index is 0. The van der Waals surface area contributed by atoms with Gasteiger partial charge in [-0.15, -0.1) is 24.0 Å². The lowest BCUT2D eigenvalue weighted by atomic mass is 10.2. The minimum Gasteiger partial charge on any atom is -0.507 e. The molecule has 0 radical (unpaired) electrons. The van der Waals surface area contributed by atoms with Gasteiger partial charge < -0.3 is 25.5 Å². The van der Waals surface area contributed by atoms with Crippen LogP contribution in [-0.2, 0) is 0 Å². The van der Waals surface area contributed by atoms with E-state index in [-0.39, 0.29) is 41.2 Å². The van der Waals surface area contributed by atoms with Crippen molar-refractivity contribution in [3.63, 3.8) is 0 Å². The van der Waals surface area contributed by atoms with Crippen molar-refractivity contribution < 1.29 is 9.90 Å². The monoisotopic (exact) mass is 525 g/mol. The lowest BCUT2D eigenvalue weighted by Gasteiger charge is -2.36. The number of guanidine groups is 1. The van der Waals surface area contributed by atoms with E-state index in [2.05, 4.69) is 35.4 Å². The van der Waals surface area contributed by atoms with Gasteiger partial charge in [-0.1, -0.05) is 12.1 Å². The number of para-hydroxylation sites is 1. The van der Waals surface area contributed by atoms with E-state index in [1.165, 1.54) is 6.07 Å². The number of hydrogen-bond donors (Lipinski definition) is 3. The Morgan fingerprint density at radius 2 is 1.80 bits per heavy atom. The van der Waals surface area contributed by atoms with Gasteiger partial charge >= 0.3 is 0 Å². The molecule has 1 aliphatic rings. The summed E-state index contributed by atoms with van der Waals surface area (Å²) >= 11 is 0. The Hall–Kier alpha value is -2.63. The molecule has 1 aromatic heterocycles. The largest absolute Gasteiger partial charge is 0.507 e. The Bertz CT molecular complexity index is 827. The first-order valence-corrected chi connectivity index (χ1v) is 9.80. The Labute approximate surface area is 193 Å². The van der Waals surface area contributed by atoms with Crippen molar-refractivity contribution in [1.29, 1.82) is 0 Å². The molecule has 0 saturated carbocycles. The molecule has 3 rings (SSSR count). The number of amides is 1. The lowest BCUT2D eigenvalue weighted by Crippen LogP contribution is -2.53. The molecule has 1 fully saturated rings. The number of phenolic OH excluding ortho intramolecular Hbond substituents is 1. The third-order valence-electron chi connectivity index (χ3n) is 4.56. The highest BCUT2D eigenvalue weighted by atomic mass is 127. The number of carbonyl (C=O) groups is 1. The highest BCUT2D eigenvalue weighted by Crippen LogP contribution is 2.14. The normalized spacial score (nSPS) is 14.1. The Balaban J connectivity index is 0.00000320. The number of benzene rings is 1. The Kier molecular flexibility index (Phi) is 9.58. The number of halogens is 1. The second-order valence-corrected chi connectivity index (χ2v) is 6.53. The summed E-state index contributed by atoms with van der Waals surface area (Å²) in [4.78, 5) is 29.8. The fraction of sp³-hybridized carbons (Fsp3) is 0.400. The van der Waals surface area contributed by atoms with E-state index in [9.17, 15) is 9.90 Å². The van der Waals surface area contributed by atoms with Crippen molar-refractivity contribution in [1.82, 2.24) is 25.5 Å². The molecule has 0 unspecified atom stereocenters. The lowest BCUT2D eigenvalue weighted by molar-refractivity contribution is 0.0952. The molecule has 0 bridgehead atoms. The number of hydrogen-bond acceptors (Lipinski definition) is 6. The molecule has 162 valence electrons. The number of aromatic nitrogens is 2. The first kappa shape index (κ1) is 23.6. The molecule has 30 heavy (non-hydrogen) atoms. The third kappa shape index (κ3) is 6.44. The third-order valence-corrected chi connectivity index (χ3v) is 4.56. The van der Waals surface area contributed by atoms with Crippen LogP contribution in [0.3, 0.4) is 0 Å². The predicted molar refractivity (Wildman–Crippen MR) is 128 cm³/mol. The van der Waals surface area contributed by atoms with Gasteiger partial charge in [0, 0.05) is 51.7 Å². The SMILES string of the molecule is CCNC(=NCCNC(=O)c1ccccc1O)N1CCN(c2ncccn2)CC1.I. The summed E-state index contributed by atoms with van der Waals surface area (Å²) in [6, 6.07) is 8.30. The number of carbonyl (C=O) groups excluding carboxylic acids is 1. The summed E-state index contributed by atoms with van der Waals surface area (Å²) in [5.41, 5.74) is 0.266. The van der Waals surface area contributed by atoms with Crippen molar-refractivity contribution in [2.75, 3.05) is 50.7 Å². The number of rotatable bonds is 6. The van der Waals surface area contributed by atoms with Crippen LogP contribution in [-0.4, -0.2) is 77.7 Å². The number of phenols is 1. The highest BCUT2D eigenvalue weighted by molar-refractivity contribution is 14.0. The number of nitrogens with zero attached hydrogens (tertiary/aromatic N) is 5. The smallest absolute Gasteiger partial charge is 0.255 e. The molecule has 2 heterocycles. The molecule has 3 N–H and O–H groups in total. The maximum absolute atomic E-state index is 12.1. The van der Waals surface area contributed by atoms with Crippen LogP contribution in [0.15, 0.2) is 47.7 Å². The Morgan fingerprint density at radius 1 is 1.10 bits per heavy atom. The number of anilines is 1. The maximum Gasteiger partial charge on any atom is 0.255 e. The summed E-state index contributed by atoms with van der Waals surface area (Å²) in [7, 11) is 0. The van der Waals surface area contributed by atoms with E-state index < -0.39 is 0 Å². The average Bonchev–Trinajstić information content (AvgIpc) is 2.77. The first-order valence-electron chi connectivity index (χ1n) is 9.80. The average molecular weight is 525 g/mol.